The summed E-state index contributed by atoms with van der Waals surface area (Å²) < 4.78 is 0. The Balaban J connectivity index is 2.91. The Hall–Kier alpha value is -3.33. The van der Waals surface area contributed by atoms with Gasteiger partial charge in [-0.3, -0.25) is 19.4 Å². The number of carboxylic acid groups (broad SMARTS) is 1. The number of aromatic amines is 1. The minimum absolute atomic E-state index is 0.116. The van der Waals surface area contributed by atoms with E-state index in [1.165, 1.54) is 6.33 Å². The molecule has 4 atom stereocenters. The van der Waals surface area contributed by atoms with Crippen molar-refractivity contribution in [3.05, 3.63) is 18.2 Å². The lowest BCUT2D eigenvalue weighted by atomic mass is 10.0. The van der Waals surface area contributed by atoms with Crippen LogP contribution in [0.25, 0.3) is 0 Å². The second-order valence-electron chi connectivity index (χ2n) is 8.21. The predicted molar refractivity (Wildman–Crippen MR) is 132 cm³/mol. The number of nitrogens with zero attached hydrogens (tertiary/aromatic N) is 2. The monoisotopic (exact) mass is 513 g/mol. The smallest absolute Gasteiger partial charge is 0.327 e. The molecule has 0 aliphatic heterocycles. The predicted octanol–water partition coefficient (Wildman–Crippen LogP) is -2.54. The number of aliphatic imine (C=N–C) groups is 1. The SMILES string of the molecule is CC(C)C(NC(=O)C(N)Cc1cnc[nH]1)C(=O)NC(CCCN=C(N)N)C(=O)NC(CS)C(=O)O. The molecule has 3 amide bonds. The zero-order valence-electron chi connectivity index (χ0n) is 19.7. The normalized spacial score (nSPS) is 14.3. The lowest BCUT2D eigenvalue weighted by Gasteiger charge is -2.26. The number of carboxylic acids is 1. The molecule has 0 saturated carbocycles. The third-order valence-corrected chi connectivity index (χ3v) is 5.32. The van der Waals surface area contributed by atoms with Gasteiger partial charge < -0.3 is 43.2 Å². The number of imidazole rings is 1. The molecule has 35 heavy (non-hydrogen) atoms. The average Bonchev–Trinajstić information content (AvgIpc) is 3.29. The molecule has 0 aromatic carbocycles. The Morgan fingerprint density at radius 1 is 1.11 bits per heavy atom. The van der Waals surface area contributed by atoms with Crippen LogP contribution >= 0.6 is 12.6 Å². The summed E-state index contributed by atoms with van der Waals surface area (Å²) in [7, 11) is 0. The van der Waals surface area contributed by atoms with Gasteiger partial charge in [-0.1, -0.05) is 13.8 Å². The van der Waals surface area contributed by atoms with Crippen LogP contribution in [0.2, 0.25) is 0 Å². The number of nitrogens with two attached hydrogens (primary N) is 3. The summed E-state index contributed by atoms with van der Waals surface area (Å²) in [6.45, 7) is 3.64. The van der Waals surface area contributed by atoms with E-state index in [0.29, 0.717) is 12.1 Å². The number of hydrogen-bond donors (Lipinski definition) is 9. The quantitative estimate of drug-likeness (QED) is 0.0518. The summed E-state index contributed by atoms with van der Waals surface area (Å²) in [6, 6.07) is -4.28. The highest BCUT2D eigenvalue weighted by Gasteiger charge is 2.31. The lowest BCUT2D eigenvalue weighted by Crippen LogP contribution is -2.58. The van der Waals surface area contributed by atoms with Crippen LogP contribution in [0.1, 0.15) is 32.4 Å². The van der Waals surface area contributed by atoms with Gasteiger partial charge in [-0.2, -0.15) is 12.6 Å². The number of carbonyl (C=O) groups excluding carboxylic acids is 3. The molecule has 196 valence electrons. The first-order valence-electron chi connectivity index (χ1n) is 11.0. The van der Waals surface area contributed by atoms with E-state index < -0.39 is 47.9 Å². The van der Waals surface area contributed by atoms with Gasteiger partial charge in [0.2, 0.25) is 17.7 Å². The number of aromatic nitrogens is 2. The van der Waals surface area contributed by atoms with E-state index in [4.69, 9.17) is 17.2 Å². The van der Waals surface area contributed by atoms with Crippen LogP contribution in [0, 0.1) is 5.92 Å². The molecule has 0 spiro atoms. The molecule has 0 saturated heterocycles. The number of carbonyl (C=O) groups is 4. The fourth-order valence-corrected chi connectivity index (χ4v) is 3.26. The Morgan fingerprint density at radius 2 is 1.77 bits per heavy atom. The fourth-order valence-electron chi connectivity index (χ4n) is 3.01. The highest BCUT2D eigenvalue weighted by Crippen LogP contribution is 2.07. The standard InChI is InChI=1S/C20H35N9O5S/c1-10(2)15(29-16(30)12(21)6-11-7-24-9-26-11)18(32)27-13(4-3-5-25-20(22)23)17(31)28-14(8-35)19(33)34/h7,9-10,12-15,35H,3-6,8,21H2,1-2H3,(H,24,26)(H,27,32)(H,28,31)(H,29,30)(H,33,34)(H4,22,23,25). The molecule has 4 unspecified atom stereocenters. The van der Waals surface area contributed by atoms with Crippen LogP contribution in [0.5, 0.6) is 0 Å². The van der Waals surface area contributed by atoms with Gasteiger partial charge in [0, 0.05) is 30.6 Å². The highest BCUT2D eigenvalue weighted by atomic mass is 32.1. The molecule has 0 aliphatic carbocycles. The van der Waals surface area contributed by atoms with E-state index in [-0.39, 0.29) is 37.0 Å². The Labute approximate surface area is 208 Å². The minimum Gasteiger partial charge on any atom is -0.480 e. The Kier molecular flexibility index (Phi) is 12.6. The molecule has 1 rings (SSSR count). The minimum atomic E-state index is -1.27. The van der Waals surface area contributed by atoms with Gasteiger partial charge >= 0.3 is 5.97 Å². The number of amides is 3. The van der Waals surface area contributed by atoms with Crippen LogP contribution in [-0.2, 0) is 25.6 Å². The highest BCUT2D eigenvalue weighted by molar-refractivity contribution is 7.80. The molecule has 1 heterocycles. The molecule has 0 aliphatic rings. The van der Waals surface area contributed by atoms with E-state index >= 15 is 0 Å². The second-order valence-corrected chi connectivity index (χ2v) is 8.57. The topological polar surface area (TPSA) is 244 Å². The molecule has 11 N–H and O–H groups in total. The van der Waals surface area contributed by atoms with Crippen molar-refractivity contribution in [1.82, 2.24) is 25.9 Å². The number of H-pyrrole nitrogens is 1. The van der Waals surface area contributed by atoms with Crippen molar-refractivity contribution in [1.29, 1.82) is 0 Å². The van der Waals surface area contributed by atoms with Crippen molar-refractivity contribution in [2.24, 2.45) is 28.1 Å². The van der Waals surface area contributed by atoms with Gasteiger partial charge in [-0.15, -0.1) is 0 Å². The first-order valence-corrected chi connectivity index (χ1v) is 11.6. The number of nitrogens with one attached hydrogen (secondary N) is 4. The van der Waals surface area contributed by atoms with Crippen molar-refractivity contribution in [3.63, 3.8) is 0 Å². The molecular weight excluding hydrogens is 478 g/mol. The van der Waals surface area contributed by atoms with E-state index in [0.717, 1.165) is 0 Å². The summed E-state index contributed by atoms with van der Waals surface area (Å²) in [5.74, 6) is -3.76. The van der Waals surface area contributed by atoms with Crippen LogP contribution in [0.4, 0.5) is 0 Å². The molecule has 14 nitrogen and oxygen atoms in total. The summed E-state index contributed by atoms with van der Waals surface area (Å²) >= 11 is 3.93. The summed E-state index contributed by atoms with van der Waals surface area (Å²) in [5, 5.41) is 16.8. The Morgan fingerprint density at radius 3 is 2.29 bits per heavy atom. The van der Waals surface area contributed by atoms with Crippen molar-refractivity contribution in [2.75, 3.05) is 12.3 Å². The van der Waals surface area contributed by atoms with Crippen molar-refractivity contribution < 1.29 is 24.3 Å². The van der Waals surface area contributed by atoms with Gasteiger partial charge in [-0.05, 0) is 18.8 Å². The van der Waals surface area contributed by atoms with Crippen molar-refractivity contribution >= 4 is 42.3 Å². The number of aliphatic carboxylic acids is 1. The molecule has 0 bridgehead atoms. The van der Waals surface area contributed by atoms with Crippen molar-refractivity contribution in [3.8, 4) is 0 Å². The van der Waals surface area contributed by atoms with E-state index in [1.807, 2.05) is 0 Å². The Bertz CT molecular complexity index is 874. The molecule has 15 heteroatoms. The first kappa shape index (κ1) is 29.7. The van der Waals surface area contributed by atoms with Gasteiger partial charge in [0.05, 0.1) is 12.4 Å². The van der Waals surface area contributed by atoms with Gasteiger partial charge in [0.15, 0.2) is 5.96 Å². The van der Waals surface area contributed by atoms with E-state index in [9.17, 15) is 24.3 Å². The third-order valence-electron chi connectivity index (χ3n) is 4.95. The maximum Gasteiger partial charge on any atom is 0.327 e. The average molecular weight is 514 g/mol. The number of thiol groups is 1. The second kappa shape index (κ2) is 14.8. The van der Waals surface area contributed by atoms with Gasteiger partial charge in [-0.25, -0.2) is 9.78 Å². The van der Waals surface area contributed by atoms with E-state index in [2.05, 4.69) is 43.5 Å². The number of rotatable bonds is 15. The summed E-state index contributed by atoms with van der Waals surface area (Å²) in [4.78, 5) is 60.2. The van der Waals surface area contributed by atoms with E-state index in [1.54, 1.807) is 20.0 Å². The molecular formula is C20H35N9O5S. The molecule has 0 fully saturated rings. The fraction of sp³-hybridized carbons (Fsp3) is 0.600. The van der Waals surface area contributed by atoms with Crippen LogP contribution in [0.15, 0.2) is 17.5 Å². The number of guanidine groups is 1. The van der Waals surface area contributed by atoms with Crippen molar-refractivity contribution in [2.45, 2.75) is 57.3 Å². The largest absolute Gasteiger partial charge is 0.480 e. The maximum atomic E-state index is 13.0. The van der Waals surface area contributed by atoms with Gasteiger partial charge in [0.25, 0.3) is 0 Å². The maximum absolute atomic E-state index is 13.0. The summed E-state index contributed by atoms with van der Waals surface area (Å²) in [5.41, 5.74) is 17.2. The van der Waals surface area contributed by atoms with Crippen LogP contribution < -0.4 is 33.2 Å². The molecule has 0 radical (unpaired) electrons. The number of hydrogen-bond acceptors (Lipinski definition) is 8. The lowest BCUT2D eigenvalue weighted by molar-refractivity contribution is -0.141. The molecule has 1 aromatic heterocycles. The zero-order chi connectivity index (χ0) is 26.5. The van der Waals surface area contributed by atoms with Crippen LogP contribution in [0.3, 0.4) is 0 Å². The summed E-state index contributed by atoms with van der Waals surface area (Å²) in [6.07, 6.45) is 3.63. The zero-order valence-corrected chi connectivity index (χ0v) is 20.6. The molecule has 1 aromatic rings. The van der Waals surface area contributed by atoms with Gasteiger partial charge in [0.1, 0.15) is 18.1 Å². The first-order chi connectivity index (χ1) is 16.5. The third kappa shape index (κ3) is 10.6. The van der Waals surface area contributed by atoms with Crippen LogP contribution in [-0.4, -0.2) is 81.2 Å².